The van der Waals surface area contributed by atoms with E-state index in [1.54, 1.807) is 6.92 Å². The minimum atomic E-state index is -4.15. The Morgan fingerprint density at radius 1 is 1.42 bits per heavy atom. The largest absolute Gasteiger partial charge is 0.399 e. The van der Waals surface area contributed by atoms with Gasteiger partial charge in [-0.15, -0.1) is 0 Å². The lowest BCUT2D eigenvalue weighted by molar-refractivity contribution is 0.570. The van der Waals surface area contributed by atoms with Gasteiger partial charge in [0.15, 0.2) is 11.6 Å². The Bertz CT molecular complexity index is 729. The number of nitrogen functional groups attached to an aromatic ring is 1. The molecule has 0 aliphatic rings. The fraction of sp³-hybridized carbons (Fsp3) is 0.100. The van der Waals surface area contributed by atoms with Crippen LogP contribution in [0.2, 0.25) is 5.02 Å². The number of hydrogen-bond acceptors (Lipinski definition) is 4. The molecule has 0 amide bonds. The summed E-state index contributed by atoms with van der Waals surface area (Å²) < 4.78 is 39.9. The second-order valence-corrected chi connectivity index (χ2v) is 5.91. The monoisotopic (exact) mass is 304 g/mol. The van der Waals surface area contributed by atoms with E-state index in [1.807, 2.05) is 0 Å². The van der Waals surface area contributed by atoms with E-state index in [0.29, 0.717) is 5.69 Å². The molecular weight excluding hydrogens is 295 g/mol. The highest BCUT2D eigenvalue weighted by Gasteiger charge is 2.22. The van der Waals surface area contributed by atoms with Gasteiger partial charge < -0.3 is 5.73 Å². The molecule has 0 radical (unpaired) electrons. The van der Waals surface area contributed by atoms with Crippen LogP contribution in [0.5, 0.6) is 0 Å². The molecule has 2 aromatic rings. The molecule has 1 aromatic heterocycles. The summed E-state index contributed by atoms with van der Waals surface area (Å²) in [6.07, 6.45) is 0. The predicted molar refractivity (Wildman–Crippen MR) is 70.0 cm³/mol. The highest BCUT2D eigenvalue weighted by atomic mass is 35.5. The van der Waals surface area contributed by atoms with E-state index in [9.17, 15) is 12.8 Å². The summed E-state index contributed by atoms with van der Waals surface area (Å²) in [4.78, 5) is -0.627. The third kappa shape index (κ3) is 2.79. The summed E-state index contributed by atoms with van der Waals surface area (Å²) in [5, 5.41) is 5.90. The van der Waals surface area contributed by atoms with Crippen LogP contribution >= 0.6 is 11.6 Å². The summed E-state index contributed by atoms with van der Waals surface area (Å²) in [5.74, 6) is -1.01. The summed E-state index contributed by atoms with van der Waals surface area (Å²) in [5.41, 5.74) is 6.16. The zero-order valence-electron chi connectivity index (χ0n) is 9.74. The number of nitrogens with two attached hydrogens (primary N) is 1. The minimum Gasteiger partial charge on any atom is -0.399 e. The number of nitrogens with zero attached hydrogens (tertiary/aromatic N) is 1. The molecule has 2 rings (SSSR count). The van der Waals surface area contributed by atoms with Crippen LogP contribution in [-0.2, 0) is 10.0 Å². The van der Waals surface area contributed by atoms with E-state index in [2.05, 4.69) is 14.9 Å². The Hall–Kier alpha value is -1.80. The molecular formula is C10H10ClFN4O2S. The van der Waals surface area contributed by atoms with Gasteiger partial charge in [-0.05, 0) is 19.1 Å². The Morgan fingerprint density at radius 3 is 2.68 bits per heavy atom. The number of aromatic nitrogens is 2. The first-order valence-electron chi connectivity index (χ1n) is 5.09. The molecule has 0 saturated heterocycles. The van der Waals surface area contributed by atoms with Crippen molar-refractivity contribution in [3.8, 4) is 0 Å². The SMILES string of the molecule is Cc1cc(NS(=O)(=O)c2cc(N)cc(Cl)c2F)n[nH]1. The van der Waals surface area contributed by atoms with Crippen LogP contribution in [0.3, 0.4) is 0 Å². The maximum atomic E-state index is 13.8. The third-order valence-corrected chi connectivity index (χ3v) is 3.88. The van der Waals surface area contributed by atoms with Gasteiger partial charge in [-0.1, -0.05) is 11.6 Å². The van der Waals surface area contributed by atoms with Crippen LogP contribution in [0.25, 0.3) is 0 Å². The topological polar surface area (TPSA) is 101 Å². The van der Waals surface area contributed by atoms with Crippen LogP contribution in [0.15, 0.2) is 23.1 Å². The van der Waals surface area contributed by atoms with Gasteiger partial charge in [0.05, 0.1) is 5.02 Å². The maximum Gasteiger partial charge on any atom is 0.266 e. The highest BCUT2D eigenvalue weighted by molar-refractivity contribution is 7.92. The number of rotatable bonds is 3. The first-order valence-corrected chi connectivity index (χ1v) is 6.95. The van der Waals surface area contributed by atoms with E-state index >= 15 is 0 Å². The van der Waals surface area contributed by atoms with Crippen LogP contribution < -0.4 is 10.5 Å². The van der Waals surface area contributed by atoms with Crippen molar-refractivity contribution in [1.82, 2.24) is 10.2 Å². The Labute approximate surface area is 113 Å². The maximum absolute atomic E-state index is 13.8. The number of halogens is 2. The van der Waals surface area contributed by atoms with E-state index < -0.39 is 20.7 Å². The molecule has 0 unspecified atom stereocenters. The van der Waals surface area contributed by atoms with Gasteiger partial charge in [-0.2, -0.15) is 5.10 Å². The fourth-order valence-corrected chi connectivity index (χ4v) is 2.85. The molecule has 0 saturated carbocycles. The van der Waals surface area contributed by atoms with Crippen molar-refractivity contribution in [2.45, 2.75) is 11.8 Å². The molecule has 0 fully saturated rings. The number of H-pyrrole nitrogens is 1. The van der Waals surface area contributed by atoms with Crippen molar-refractivity contribution in [1.29, 1.82) is 0 Å². The molecule has 1 heterocycles. The van der Waals surface area contributed by atoms with Crippen LogP contribution in [0, 0.1) is 12.7 Å². The van der Waals surface area contributed by atoms with E-state index in [1.165, 1.54) is 6.07 Å². The first kappa shape index (κ1) is 13.6. The first-order chi connectivity index (χ1) is 8.79. The quantitative estimate of drug-likeness (QED) is 0.754. The minimum absolute atomic E-state index is 0.0463. The van der Waals surface area contributed by atoms with Gasteiger partial charge >= 0.3 is 0 Å². The fourth-order valence-electron chi connectivity index (χ4n) is 1.44. The molecule has 0 atom stereocenters. The average Bonchev–Trinajstić information content (AvgIpc) is 2.68. The molecule has 0 spiro atoms. The van der Waals surface area contributed by atoms with E-state index in [-0.39, 0.29) is 16.5 Å². The van der Waals surface area contributed by atoms with Crippen molar-refractivity contribution < 1.29 is 12.8 Å². The van der Waals surface area contributed by atoms with Crippen molar-refractivity contribution in [2.75, 3.05) is 10.5 Å². The van der Waals surface area contributed by atoms with Crippen LogP contribution in [0.1, 0.15) is 5.69 Å². The molecule has 4 N–H and O–H groups in total. The second-order valence-electron chi connectivity index (χ2n) is 3.86. The molecule has 102 valence electrons. The normalized spacial score (nSPS) is 11.5. The van der Waals surface area contributed by atoms with Gasteiger partial charge in [0.1, 0.15) is 4.90 Å². The Balaban J connectivity index is 2.45. The molecule has 0 aliphatic carbocycles. The third-order valence-electron chi connectivity index (χ3n) is 2.25. The number of aromatic amines is 1. The van der Waals surface area contributed by atoms with Gasteiger partial charge in [-0.3, -0.25) is 9.82 Å². The lowest BCUT2D eigenvalue weighted by Gasteiger charge is -2.08. The number of hydrogen-bond donors (Lipinski definition) is 3. The predicted octanol–water partition coefficient (Wildman–Crippen LogP) is 1.89. The summed E-state index contributed by atoms with van der Waals surface area (Å²) in [7, 11) is -4.15. The Kier molecular flexibility index (Phi) is 3.38. The zero-order chi connectivity index (χ0) is 14.2. The standard InChI is InChI=1S/C10H10ClFN4O2S/c1-5-2-9(15-14-5)16-19(17,18)8-4-6(13)3-7(11)10(8)12/h2-4H,13H2,1H3,(H2,14,15,16). The lowest BCUT2D eigenvalue weighted by Crippen LogP contribution is -2.15. The van der Waals surface area contributed by atoms with Gasteiger partial charge in [-0.25, -0.2) is 12.8 Å². The van der Waals surface area contributed by atoms with Crippen LogP contribution in [-0.4, -0.2) is 18.6 Å². The van der Waals surface area contributed by atoms with E-state index in [0.717, 1.165) is 12.1 Å². The second kappa shape index (κ2) is 4.71. The smallest absolute Gasteiger partial charge is 0.266 e. The summed E-state index contributed by atoms with van der Waals surface area (Å²) in [6, 6.07) is 3.58. The zero-order valence-corrected chi connectivity index (χ0v) is 11.3. The molecule has 9 heteroatoms. The average molecular weight is 305 g/mol. The van der Waals surface area contributed by atoms with E-state index in [4.69, 9.17) is 17.3 Å². The summed E-state index contributed by atoms with van der Waals surface area (Å²) in [6.45, 7) is 1.70. The van der Waals surface area contributed by atoms with Crippen molar-refractivity contribution in [2.24, 2.45) is 0 Å². The highest BCUT2D eigenvalue weighted by Crippen LogP contribution is 2.26. The molecule has 6 nitrogen and oxygen atoms in total. The summed E-state index contributed by atoms with van der Waals surface area (Å²) >= 11 is 5.56. The van der Waals surface area contributed by atoms with Crippen molar-refractivity contribution in [3.63, 3.8) is 0 Å². The van der Waals surface area contributed by atoms with Crippen LogP contribution in [0.4, 0.5) is 15.9 Å². The molecule has 0 aliphatic heterocycles. The van der Waals surface area contributed by atoms with Crippen molar-refractivity contribution >= 4 is 33.1 Å². The number of nitrogens with one attached hydrogen (secondary N) is 2. The molecule has 0 bridgehead atoms. The number of sulfonamides is 1. The van der Waals surface area contributed by atoms with Gasteiger partial charge in [0.25, 0.3) is 10.0 Å². The number of aryl methyl sites for hydroxylation is 1. The number of anilines is 2. The molecule has 19 heavy (non-hydrogen) atoms. The Morgan fingerprint density at radius 2 is 2.11 bits per heavy atom. The molecule has 1 aromatic carbocycles. The number of benzene rings is 1. The van der Waals surface area contributed by atoms with Gasteiger partial charge in [0, 0.05) is 17.4 Å². The van der Waals surface area contributed by atoms with Crippen molar-refractivity contribution in [3.05, 3.63) is 34.7 Å². The lowest BCUT2D eigenvalue weighted by atomic mass is 10.3. The van der Waals surface area contributed by atoms with Gasteiger partial charge in [0.2, 0.25) is 0 Å².